The number of allylic oxidation sites excluding steroid dienone is 1. The number of nitrogens with zero attached hydrogens (tertiary/aromatic N) is 3. The van der Waals surface area contributed by atoms with Gasteiger partial charge in [0.2, 0.25) is 11.8 Å². The van der Waals surface area contributed by atoms with Gasteiger partial charge in [0, 0.05) is 11.1 Å². The van der Waals surface area contributed by atoms with E-state index in [9.17, 15) is 0 Å². The van der Waals surface area contributed by atoms with Crippen molar-refractivity contribution in [1.29, 1.82) is 0 Å². The average Bonchev–Trinajstić information content (AvgIpc) is 3.11. The summed E-state index contributed by atoms with van der Waals surface area (Å²) in [4.78, 5) is 12.3. The minimum atomic E-state index is -0.396. The predicted molar refractivity (Wildman–Crippen MR) is 92.2 cm³/mol. The van der Waals surface area contributed by atoms with Gasteiger partial charge >= 0.3 is 0 Å². The van der Waals surface area contributed by atoms with E-state index < -0.39 is 5.82 Å². The highest BCUT2D eigenvalue weighted by Crippen LogP contribution is 2.43. The number of hydrogen-bond acceptors (Lipinski definition) is 5. The van der Waals surface area contributed by atoms with Crippen LogP contribution in [-0.2, 0) is 0 Å². The van der Waals surface area contributed by atoms with Crippen molar-refractivity contribution in [3.8, 4) is 17.5 Å². The zero-order valence-electron chi connectivity index (χ0n) is 13.9. The first-order chi connectivity index (χ1) is 12.3. The Bertz CT molecular complexity index is 860. The first-order valence-electron chi connectivity index (χ1n) is 8.34. The van der Waals surface area contributed by atoms with Crippen LogP contribution < -0.4 is 9.47 Å². The smallest absolute Gasteiger partial charge is 0.226 e. The quantitative estimate of drug-likeness (QED) is 0.825. The summed E-state index contributed by atoms with van der Waals surface area (Å²) in [6, 6.07) is 5.29. The molecule has 0 amide bonds. The lowest BCUT2D eigenvalue weighted by Gasteiger charge is -2.28. The third-order valence-electron chi connectivity index (χ3n) is 4.62. The molecule has 1 saturated carbocycles. The molecule has 4 rings (SSSR count). The summed E-state index contributed by atoms with van der Waals surface area (Å²) < 4.78 is 26.2. The third-order valence-corrected chi connectivity index (χ3v) is 4.62. The summed E-state index contributed by atoms with van der Waals surface area (Å²) in [6.45, 7) is 0.582. The Kier molecular flexibility index (Phi) is 4.17. The molecule has 1 fully saturated rings. The van der Waals surface area contributed by atoms with Crippen molar-refractivity contribution in [3.05, 3.63) is 53.6 Å². The molecule has 5 nitrogen and oxygen atoms in total. The van der Waals surface area contributed by atoms with Crippen LogP contribution in [0.4, 0.5) is 4.39 Å². The average molecular weight is 339 g/mol. The molecule has 6 heteroatoms. The van der Waals surface area contributed by atoms with Crippen molar-refractivity contribution >= 4 is 5.71 Å². The Hall–Kier alpha value is -2.76. The van der Waals surface area contributed by atoms with E-state index in [1.807, 2.05) is 18.2 Å². The molecule has 0 atom stereocenters. The molecule has 1 aliphatic carbocycles. The summed E-state index contributed by atoms with van der Waals surface area (Å²) in [5, 5.41) is 0. The number of aromatic nitrogens is 2. The van der Waals surface area contributed by atoms with Crippen molar-refractivity contribution in [3.63, 3.8) is 0 Å². The number of aliphatic imine (C=N–C) groups is 1. The van der Waals surface area contributed by atoms with Gasteiger partial charge in [-0.15, -0.1) is 0 Å². The highest BCUT2D eigenvalue weighted by atomic mass is 19.1. The van der Waals surface area contributed by atoms with Crippen molar-refractivity contribution in [1.82, 2.24) is 9.97 Å². The Morgan fingerprint density at radius 2 is 2.00 bits per heavy atom. The zero-order chi connectivity index (χ0) is 17.2. The van der Waals surface area contributed by atoms with Gasteiger partial charge in [0.1, 0.15) is 6.33 Å². The first-order valence-corrected chi connectivity index (χ1v) is 8.34. The van der Waals surface area contributed by atoms with E-state index in [2.05, 4.69) is 15.0 Å². The summed E-state index contributed by atoms with van der Waals surface area (Å²) in [5.41, 5.74) is 1.98. The number of benzene rings is 1. The summed E-state index contributed by atoms with van der Waals surface area (Å²) in [7, 11) is 1.51. The minimum absolute atomic E-state index is 0.228. The van der Waals surface area contributed by atoms with Crippen LogP contribution in [0.2, 0.25) is 0 Å². The van der Waals surface area contributed by atoms with Crippen LogP contribution in [0.25, 0.3) is 0 Å². The standard InChI is InChI=1S/C19H18FN3O2/c1-24-16-10-17(23-11-22-16)25-19-13(12-4-2-5-12)7-8-14(18(19)20)15-6-3-9-21-15/h3,6-8,10-12H,2,4-5,9H2,1H3. The number of rotatable bonds is 5. The van der Waals surface area contributed by atoms with Gasteiger partial charge in [0.15, 0.2) is 11.6 Å². The molecular formula is C19H18FN3O2. The van der Waals surface area contributed by atoms with Gasteiger partial charge in [-0.25, -0.2) is 14.4 Å². The van der Waals surface area contributed by atoms with E-state index in [1.54, 1.807) is 12.1 Å². The lowest BCUT2D eigenvalue weighted by Crippen LogP contribution is -2.12. The number of hydrogen-bond donors (Lipinski definition) is 0. The van der Waals surface area contributed by atoms with Crippen LogP contribution in [0.5, 0.6) is 17.5 Å². The fourth-order valence-electron chi connectivity index (χ4n) is 3.05. The molecule has 2 aromatic rings. The second-order valence-corrected chi connectivity index (χ2v) is 6.10. The molecule has 128 valence electrons. The highest BCUT2D eigenvalue weighted by molar-refractivity contribution is 6.10. The number of halogens is 1. The van der Waals surface area contributed by atoms with E-state index in [0.717, 1.165) is 24.8 Å². The fraction of sp³-hybridized carbons (Fsp3) is 0.316. The Morgan fingerprint density at radius 1 is 1.16 bits per heavy atom. The number of methoxy groups -OCH3 is 1. The molecule has 1 aromatic heterocycles. The monoisotopic (exact) mass is 339 g/mol. The van der Waals surface area contributed by atoms with E-state index in [4.69, 9.17) is 9.47 Å². The Morgan fingerprint density at radius 3 is 2.68 bits per heavy atom. The van der Waals surface area contributed by atoms with E-state index in [1.165, 1.54) is 13.4 Å². The van der Waals surface area contributed by atoms with Crippen molar-refractivity contribution in [2.45, 2.75) is 25.2 Å². The first kappa shape index (κ1) is 15.7. The summed E-state index contributed by atoms with van der Waals surface area (Å²) >= 11 is 0. The largest absolute Gasteiger partial charge is 0.481 e. The third kappa shape index (κ3) is 2.99. The van der Waals surface area contributed by atoms with E-state index >= 15 is 4.39 Å². The van der Waals surface area contributed by atoms with Crippen molar-refractivity contribution in [2.24, 2.45) is 4.99 Å². The summed E-state index contributed by atoms with van der Waals surface area (Å²) in [6.07, 6.45) is 8.32. The molecule has 2 heterocycles. The summed E-state index contributed by atoms with van der Waals surface area (Å²) in [5.74, 6) is 0.781. The highest BCUT2D eigenvalue weighted by Gasteiger charge is 2.27. The molecular weight excluding hydrogens is 321 g/mol. The molecule has 0 bridgehead atoms. The minimum Gasteiger partial charge on any atom is -0.481 e. The number of ether oxygens (including phenoxy) is 2. The molecule has 1 aliphatic heterocycles. The maximum atomic E-state index is 15.3. The van der Waals surface area contributed by atoms with Gasteiger partial charge in [-0.05, 0) is 30.9 Å². The predicted octanol–water partition coefficient (Wildman–Crippen LogP) is 4.04. The molecule has 0 radical (unpaired) electrons. The van der Waals surface area contributed by atoms with Crippen LogP contribution in [0, 0.1) is 5.82 Å². The molecule has 1 aromatic carbocycles. The Balaban J connectivity index is 1.76. The molecule has 2 aliphatic rings. The van der Waals surface area contributed by atoms with Crippen LogP contribution in [-0.4, -0.2) is 29.3 Å². The van der Waals surface area contributed by atoms with Gasteiger partial charge in [-0.2, -0.15) is 0 Å². The molecule has 0 N–H and O–H groups in total. The zero-order valence-corrected chi connectivity index (χ0v) is 13.9. The van der Waals surface area contributed by atoms with Gasteiger partial charge in [0.05, 0.1) is 25.4 Å². The van der Waals surface area contributed by atoms with Crippen LogP contribution >= 0.6 is 0 Å². The van der Waals surface area contributed by atoms with Gasteiger partial charge in [-0.3, -0.25) is 4.99 Å². The van der Waals surface area contributed by atoms with E-state index in [-0.39, 0.29) is 11.6 Å². The second-order valence-electron chi connectivity index (χ2n) is 6.10. The normalized spacial score (nSPS) is 16.5. The van der Waals surface area contributed by atoms with Gasteiger partial charge < -0.3 is 9.47 Å². The molecule has 25 heavy (non-hydrogen) atoms. The fourth-order valence-corrected chi connectivity index (χ4v) is 3.05. The molecule has 0 unspecified atom stereocenters. The van der Waals surface area contributed by atoms with Gasteiger partial charge in [-0.1, -0.05) is 18.6 Å². The van der Waals surface area contributed by atoms with Crippen molar-refractivity contribution < 1.29 is 13.9 Å². The lowest BCUT2D eigenvalue weighted by atomic mass is 9.79. The second kappa shape index (κ2) is 6.63. The topological polar surface area (TPSA) is 56.6 Å². The van der Waals surface area contributed by atoms with Crippen LogP contribution in [0.15, 0.2) is 41.7 Å². The molecule has 0 saturated heterocycles. The van der Waals surface area contributed by atoms with Crippen LogP contribution in [0.3, 0.4) is 0 Å². The maximum Gasteiger partial charge on any atom is 0.226 e. The SMILES string of the molecule is COc1cc(Oc2c(C3CCC3)ccc(C3=NCC=C3)c2F)ncn1. The Labute approximate surface area is 145 Å². The van der Waals surface area contributed by atoms with Crippen LogP contribution in [0.1, 0.15) is 36.3 Å². The van der Waals surface area contributed by atoms with Crippen molar-refractivity contribution in [2.75, 3.05) is 13.7 Å². The van der Waals surface area contributed by atoms with Gasteiger partial charge in [0.25, 0.3) is 0 Å². The molecule has 0 spiro atoms. The maximum absolute atomic E-state index is 15.3. The lowest BCUT2D eigenvalue weighted by molar-refractivity contribution is 0.368. The van der Waals surface area contributed by atoms with E-state index in [0.29, 0.717) is 29.6 Å².